The molecule has 2 rings (SSSR count). The Morgan fingerprint density at radius 1 is 1.12 bits per heavy atom. The number of rotatable bonds is 3. The number of benzene rings is 1. The molecule has 16 heavy (non-hydrogen) atoms. The van der Waals surface area contributed by atoms with Gasteiger partial charge in [-0.3, -0.25) is 0 Å². The second-order valence-electron chi connectivity index (χ2n) is 3.87. The van der Waals surface area contributed by atoms with Crippen LogP contribution in [0.25, 0.3) is 10.4 Å². The van der Waals surface area contributed by atoms with E-state index >= 15 is 0 Å². The molecule has 0 saturated carbocycles. The fraction of sp³-hybridized carbons (Fsp3) is 0.231. The Hall–Kier alpha value is -1.16. The molecule has 1 aromatic heterocycles. The molecule has 2 aromatic rings. The SMILES string of the molecule is Cc1ccc(-c2ccc(C(N)CN)cc2)s1. The molecule has 1 atom stereocenters. The second-order valence-corrected chi connectivity index (χ2v) is 5.16. The van der Waals surface area contributed by atoms with Gasteiger partial charge in [0.15, 0.2) is 0 Å². The van der Waals surface area contributed by atoms with Gasteiger partial charge in [-0.1, -0.05) is 24.3 Å². The van der Waals surface area contributed by atoms with Crippen molar-refractivity contribution in [3.63, 3.8) is 0 Å². The first-order chi connectivity index (χ1) is 7.70. The molecule has 0 spiro atoms. The van der Waals surface area contributed by atoms with E-state index < -0.39 is 0 Å². The molecule has 0 saturated heterocycles. The maximum absolute atomic E-state index is 5.86. The first-order valence-electron chi connectivity index (χ1n) is 5.33. The molecule has 0 aliphatic carbocycles. The third-order valence-electron chi connectivity index (χ3n) is 2.62. The van der Waals surface area contributed by atoms with Gasteiger partial charge < -0.3 is 11.5 Å². The van der Waals surface area contributed by atoms with E-state index in [1.54, 1.807) is 11.3 Å². The summed E-state index contributed by atoms with van der Waals surface area (Å²) < 4.78 is 0. The quantitative estimate of drug-likeness (QED) is 0.855. The maximum Gasteiger partial charge on any atom is 0.0419 e. The predicted octanol–water partition coefficient (Wildman–Crippen LogP) is 2.68. The Morgan fingerprint density at radius 3 is 2.31 bits per heavy atom. The summed E-state index contributed by atoms with van der Waals surface area (Å²) in [7, 11) is 0. The fourth-order valence-corrected chi connectivity index (χ4v) is 2.49. The number of aryl methyl sites for hydroxylation is 1. The predicted molar refractivity (Wildman–Crippen MR) is 70.5 cm³/mol. The molecule has 1 unspecified atom stereocenters. The van der Waals surface area contributed by atoms with Crippen molar-refractivity contribution >= 4 is 11.3 Å². The molecule has 1 aromatic carbocycles. The minimum absolute atomic E-state index is 0.0564. The van der Waals surface area contributed by atoms with Crippen LogP contribution in [0.3, 0.4) is 0 Å². The van der Waals surface area contributed by atoms with E-state index in [0.29, 0.717) is 6.54 Å². The third kappa shape index (κ3) is 2.32. The topological polar surface area (TPSA) is 52.0 Å². The maximum atomic E-state index is 5.86. The van der Waals surface area contributed by atoms with E-state index in [9.17, 15) is 0 Å². The van der Waals surface area contributed by atoms with Crippen LogP contribution in [0, 0.1) is 6.92 Å². The summed E-state index contributed by atoms with van der Waals surface area (Å²) in [6.45, 7) is 2.60. The molecule has 0 radical (unpaired) electrons. The largest absolute Gasteiger partial charge is 0.329 e. The van der Waals surface area contributed by atoms with Crippen molar-refractivity contribution in [3.8, 4) is 10.4 Å². The Bertz CT molecular complexity index is 459. The van der Waals surface area contributed by atoms with Crippen molar-refractivity contribution < 1.29 is 0 Å². The van der Waals surface area contributed by atoms with E-state index in [1.165, 1.54) is 15.3 Å². The summed E-state index contributed by atoms with van der Waals surface area (Å²) in [5, 5.41) is 0. The van der Waals surface area contributed by atoms with E-state index in [2.05, 4.69) is 43.3 Å². The monoisotopic (exact) mass is 232 g/mol. The second kappa shape index (κ2) is 4.78. The van der Waals surface area contributed by atoms with E-state index in [-0.39, 0.29) is 6.04 Å². The normalized spacial score (nSPS) is 12.7. The van der Waals surface area contributed by atoms with Crippen LogP contribution in [0.15, 0.2) is 36.4 Å². The lowest BCUT2D eigenvalue weighted by Gasteiger charge is -2.09. The van der Waals surface area contributed by atoms with E-state index in [4.69, 9.17) is 11.5 Å². The zero-order valence-electron chi connectivity index (χ0n) is 9.31. The molecule has 0 bridgehead atoms. The van der Waals surface area contributed by atoms with Crippen LogP contribution in [0.5, 0.6) is 0 Å². The number of nitrogens with two attached hydrogens (primary N) is 2. The summed E-state index contributed by atoms with van der Waals surface area (Å²) in [6.07, 6.45) is 0. The standard InChI is InChI=1S/C13H16N2S/c1-9-2-7-13(16-9)11-5-3-10(4-6-11)12(15)8-14/h2-7,12H,8,14-15H2,1H3. The lowest BCUT2D eigenvalue weighted by Crippen LogP contribution is -2.20. The van der Waals surface area contributed by atoms with Crippen molar-refractivity contribution in [1.29, 1.82) is 0 Å². The average Bonchev–Trinajstić information content (AvgIpc) is 2.75. The Morgan fingerprint density at radius 2 is 1.81 bits per heavy atom. The number of hydrogen-bond donors (Lipinski definition) is 2. The number of thiophene rings is 1. The van der Waals surface area contributed by atoms with Crippen molar-refractivity contribution in [2.45, 2.75) is 13.0 Å². The van der Waals surface area contributed by atoms with Crippen LogP contribution < -0.4 is 11.5 Å². The van der Waals surface area contributed by atoms with E-state index in [0.717, 1.165) is 5.56 Å². The van der Waals surface area contributed by atoms with Gasteiger partial charge in [0.05, 0.1) is 0 Å². The molecule has 3 heteroatoms. The summed E-state index contributed by atoms with van der Waals surface area (Å²) >= 11 is 1.80. The van der Waals surface area contributed by atoms with Gasteiger partial charge >= 0.3 is 0 Å². The number of hydrogen-bond acceptors (Lipinski definition) is 3. The first kappa shape index (κ1) is 11.3. The summed E-state index contributed by atoms with van der Waals surface area (Å²) in [4.78, 5) is 2.63. The summed E-state index contributed by atoms with van der Waals surface area (Å²) in [5.74, 6) is 0. The molecule has 0 fully saturated rings. The van der Waals surface area contributed by atoms with Crippen LogP contribution in [0.1, 0.15) is 16.5 Å². The minimum atomic E-state index is -0.0564. The Kier molecular flexibility index (Phi) is 3.39. The molecule has 0 aliphatic rings. The molecule has 0 aliphatic heterocycles. The highest BCUT2D eigenvalue weighted by Crippen LogP contribution is 2.28. The molecular formula is C13H16N2S. The van der Waals surface area contributed by atoms with Gasteiger partial charge in [-0.05, 0) is 30.2 Å². The van der Waals surface area contributed by atoms with Gasteiger partial charge in [0.2, 0.25) is 0 Å². The van der Waals surface area contributed by atoms with Crippen LogP contribution in [-0.4, -0.2) is 6.54 Å². The van der Waals surface area contributed by atoms with Gasteiger partial charge in [0.25, 0.3) is 0 Å². The highest BCUT2D eigenvalue weighted by atomic mass is 32.1. The van der Waals surface area contributed by atoms with Gasteiger partial charge in [-0.25, -0.2) is 0 Å². The van der Waals surface area contributed by atoms with E-state index in [1.807, 2.05) is 0 Å². The van der Waals surface area contributed by atoms with Crippen molar-refractivity contribution in [2.75, 3.05) is 6.54 Å². The molecule has 1 heterocycles. The van der Waals surface area contributed by atoms with Crippen LogP contribution in [0.4, 0.5) is 0 Å². The lowest BCUT2D eigenvalue weighted by molar-refractivity contribution is 0.737. The molecule has 84 valence electrons. The highest BCUT2D eigenvalue weighted by Gasteiger charge is 2.04. The van der Waals surface area contributed by atoms with Gasteiger partial charge in [0, 0.05) is 22.3 Å². The summed E-state index contributed by atoms with van der Waals surface area (Å²) in [5.41, 5.74) is 13.7. The molecule has 2 nitrogen and oxygen atoms in total. The smallest absolute Gasteiger partial charge is 0.0419 e. The van der Waals surface area contributed by atoms with Crippen LogP contribution in [-0.2, 0) is 0 Å². The van der Waals surface area contributed by atoms with Crippen molar-refractivity contribution in [2.24, 2.45) is 11.5 Å². The lowest BCUT2D eigenvalue weighted by atomic mass is 10.1. The summed E-state index contributed by atoms with van der Waals surface area (Å²) in [6, 6.07) is 12.6. The van der Waals surface area contributed by atoms with Gasteiger partial charge in [-0.15, -0.1) is 11.3 Å². The zero-order valence-corrected chi connectivity index (χ0v) is 10.1. The highest BCUT2D eigenvalue weighted by molar-refractivity contribution is 7.15. The third-order valence-corrected chi connectivity index (χ3v) is 3.67. The Balaban J connectivity index is 2.25. The van der Waals surface area contributed by atoms with Crippen molar-refractivity contribution in [3.05, 3.63) is 46.8 Å². The van der Waals surface area contributed by atoms with Gasteiger partial charge in [0.1, 0.15) is 0 Å². The van der Waals surface area contributed by atoms with Crippen molar-refractivity contribution in [1.82, 2.24) is 0 Å². The minimum Gasteiger partial charge on any atom is -0.329 e. The van der Waals surface area contributed by atoms with Crippen LogP contribution in [0.2, 0.25) is 0 Å². The van der Waals surface area contributed by atoms with Crippen LogP contribution >= 0.6 is 11.3 Å². The molecule has 4 N–H and O–H groups in total. The molecule has 0 amide bonds. The first-order valence-corrected chi connectivity index (χ1v) is 6.15. The van der Waals surface area contributed by atoms with Gasteiger partial charge in [-0.2, -0.15) is 0 Å². The fourth-order valence-electron chi connectivity index (χ4n) is 1.62. The average molecular weight is 232 g/mol. The Labute approximate surface area is 99.9 Å². The zero-order chi connectivity index (χ0) is 11.5. The molecular weight excluding hydrogens is 216 g/mol.